The van der Waals surface area contributed by atoms with Crippen molar-refractivity contribution in [3.63, 3.8) is 0 Å². The molecule has 1 aromatic rings. The number of nitrogens with two attached hydrogens (primary N) is 1. The number of halogens is 1. The van der Waals surface area contributed by atoms with E-state index in [2.05, 4.69) is 35.2 Å². The second-order valence-corrected chi connectivity index (χ2v) is 5.18. The van der Waals surface area contributed by atoms with Crippen LogP contribution in [0.5, 0.6) is 0 Å². The fourth-order valence-electron chi connectivity index (χ4n) is 1.88. The quantitative estimate of drug-likeness (QED) is 0.840. The van der Waals surface area contributed by atoms with E-state index in [0.717, 1.165) is 25.3 Å². The lowest BCUT2D eigenvalue weighted by molar-refractivity contribution is 0.357. The van der Waals surface area contributed by atoms with Gasteiger partial charge in [-0.05, 0) is 25.1 Å². The number of thioether (sulfide) groups is 1. The Morgan fingerprint density at radius 1 is 1.31 bits per heavy atom. The van der Waals surface area contributed by atoms with Gasteiger partial charge >= 0.3 is 0 Å². The first-order chi connectivity index (χ1) is 7.34. The normalized spacial score (nSPS) is 20.7. The van der Waals surface area contributed by atoms with Gasteiger partial charge in [-0.2, -0.15) is 0 Å². The minimum atomic E-state index is 0. The SMILES string of the molecule is Cl.N[C@@H]1CCN(CCSc2ccccc2)C1. The van der Waals surface area contributed by atoms with Gasteiger partial charge in [-0.25, -0.2) is 0 Å². The molecule has 1 aliphatic heterocycles. The highest BCUT2D eigenvalue weighted by molar-refractivity contribution is 7.99. The van der Waals surface area contributed by atoms with Gasteiger partial charge in [0.15, 0.2) is 0 Å². The molecule has 1 aliphatic rings. The van der Waals surface area contributed by atoms with Crippen molar-refractivity contribution in [2.75, 3.05) is 25.4 Å². The van der Waals surface area contributed by atoms with Crippen LogP contribution < -0.4 is 5.73 Å². The van der Waals surface area contributed by atoms with Gasteiger partial charge in [0.2, 0.25) is 0 Å². The Hall–Kier alpha value is -0.220. The molecule has 90 valence electrons. The van der Waals surface area contributed by atoms with Crippen LogP contribution in [0.25, 0.3) is 0 Å². The largest absolute Gasteiger partial charge is 0.326 e. The molecule has 0 spiro atoms. The highest BCUT2D eigenvalue weighted by Crippen LogP contribution is 2.17. The molecule has 1 aromatic carbocycles. The van der Waals surface area contributed by atoms with Crippen LogP contribution >= 0.6 is 24.2 Å². The van der Waals surface area contributed by atoms with E-state index in [1.54, 1.807) is 0 Å². The van der Waals surface area contributed by atoms with Crippen molar-refractivity contribution in [3.8, 4) is 0 Å². The monoisotopic (exact) mass is 258 g/mol. The number of hydrogen-bond donors (Lipinski definition) is 1. The molecule has 1 saturated heterocycles. The van der Waals surface area contributed by atoms with Gasteiger partial charge in [0, 0.05) is 29.8 Å². The highest BCUT2D eigenvalue weighted by atomic mass is 35.5. The minimum Gasteiger partial charge on any atom is -0.326 e. The Morgan fingerprint density at radius 2 is 2.06 bits per heavy atom. The van der Waals surface area contributed by atoms with Gasteiger partial charge in [0.1, 0.15) is 0 Å². The van der Waals surface area contributed by atoms with Crippen LogP contribution in [-0.2, 0) is 0 Å². The van der Waals surface area contributed by atoms with Crippen molar-refractivity contribution in [1.82, 2.24) is 4.90 Å². The molecular formula is C12H19ClN2S. The topological polar surface area (TPSA) is 29.3 Å². The first-order valence-corrected chi connectivity index (χ1v) is 6.49. The van der Waals surface area contributed by atoms with Crippen LogP contribution in [-0.4, -0.2) is 36.3 Å². The molecule has 2 nitrogen and oxygen atoms in total. The molecule has 16 heavy (non-hydrogen) atoms. The smallest absolute Gasteiger partial charge is 0.0180 e. The second kappa shape index (κ2) is 7.17. The predicted molar refractivity (Wildman–Crippen MR) is 73.4 cm³/mol. The van der Waals surface area contributed by atoms with Gasteiger partial charge < -0.3 is 10.6 Å². The zero-order valence-electron chi connectivity index (χ0n) is 9.34. The van der Waals surface area contributed by atoms with E-state index < -0.39 is 0 Å². The Kier molecular flexibility index (Phi) is 6.21. The summed E-state index contributed by atoms with van der Waals surface area (Å²) in [6.45, 7) is 3.42. The molecule has 4 heteroatoms. The van der Waals surface area contributed by atoms with Gasteiger partial charge in [0.25, 0.3) is 0 Å². The summed E-state index contributed by atoms with van der Waals surface area (Å²) in [7, 11) is 0. The van der Waals surface area contributed by atoms with Crippen LogP contribution in [0.2, 0.25) is 0 Å². The first kappa shape index (κ1) is 13.8. The number of rotatable bonds is 4. The van der Waals surface area contributed by atoms with Crippen molar-refractivity contribution in [2.24, 2.45) is 5.73 Å². The van der Waals surface area contributed by atoms with Crippen LogP contribution in [0.4, 0.5) is 0 Å². The number of benzene rings is 1. The highest BCUT2D eigenvalue weighted by Gasteiger charge is 2.17. The van der Waals surface area contributed by atoms with Crippen LogP contribution in [0.1, 0.15) is 6.42 Å². The molecule has 2 rings (SSSR count). The molecule has 0 amide bonds. The summed E-state index contributed by atoms with van der Waals surface area (Å²) in [5.74, 6) is 1.16. The maximum atomic E-state index is 5.86. The lowest BCUT2D eigenvalue weighted by Crippen LogP contribution is -2.28. The Balaban J connectivity index is 0.00000128. The Morgan fingerprint density at radius 3 is 2.69 bits per heavy atom. The third-order valence-corrected chi connectivity index (χ3v) is 3.72. The first-order valence-electron chi connectivity index (χ1n) is 5.50. The van der Waals surface area contributed by atoms with Gasteiger partial charge in [0.05, 0.1) is 0 Å². The molecule has 0 bridgehead atoms. The van der Waals surface area contributed by atoms with Crippen molar-refractivity contribution in [3.05, 3.63) is 30.3 Å². The average Bonchev–Trinajstić information content (AvgIpc) is 2.66. The van der Waals surface area contributed by atoms with Gasteiger partial charge in [-0.1, -0.05) is 18.2 Å². The summed E-state index contributed by atoms with van der Waals surface area (Å²) in [6, 6.07) is 11.0. The third kappa shape index (κ3) is 4.34. The lowest BCUT2D eigenvalue weighted by atomic mass is 10.3. The summed E-state index contributed by atoms with van der Waals surface area (Å²) >= 11 is 1.93. The van der Waals surface area contributed by atoms with Crippen molar-refractivity contribution >= 4 is 24.2 Å². The number of likely N-dealkylation sites (tertiary alicyclic amines) is 1. The van der Waals surface area contributed by atoms with E-state index in [0.29, 0.717) is 6.04 Å². The molecule has 0 unspecified atom stereocenters. The molecular weight excluding hydrogens is 240 g/mol. The fourth-order valence-corrected chi connectivity index (χ4v) is 2.81. The maximum absolute atomic E-state index is 5.86. The van der Waals surface area contributed by atoms with E-state index >= 15 is 0 Å². The molecule has 0 aliphatic carbocycles. The molecule has 0 radical (unpaired) electrons. The van der Waals surface area contributed by atoms with Gasteiger partial charge in [-0.15, -0.1) is 24.2 Å². The molecule has 2 N–H and O–H groups in total. The Bertz CT molecular complexity index is 294. The summed E-state index contributed by atoms with van der Waals surface area (Å²) in [5.41, 5.74) is 5.86. The van der Waals surface area contributed by atoms with Gasteiger partial charge in [-0.3, -0.25) is 0 Å². The third-order valence-electron chi connectivity index (χ3n) is 2.73. The lowest BCUT2D eigenvalue weighted by Gasteiger charge is -2.14. The van der Waals surface area contributed by atoms with E-state index in [1.165, 1.54) is 11.4 Å². The molecule has 1 fully saturated rings. The average molecular weight is 259 g/mol. The van der Waals surface area contributed by atoms with E-state index in [1.807, 2.05) is 11.8 Å². The zero-order chi connectivity index (χ0) is 10.5. The van der Waals surface area contributed by atoms with Crippen LogP contribution in [0, 0.1) is 0 Å². The molecule has 0 saturated carbocycles. The maximum Gasteiger partial charge on any atom is 0.0180 e. The zero-order valence-corrected chi connectivity index (χ0v) is 11.0. The summed E-state index contributed by atoms with van der Waals surface area (Å²) < 4.78 is 0. The number of hydrogen-bond acceptors (Lipinski definition) is 3. The van der Waals surface area contributed by atoms with Crippen molar-refractivity contribution in [2.45, 2.75) is 17.4 Å². The van der Waals surface area contributed by atoms with E-state index in [-0.39, 0.29) is 12.4 Å². The van der Waals surface area contributed by atoms with Crippen molar-refractivity contribution < 1.29 is 0 Å². The van der Waals surface area contributed by atoms with Crippen molar-refractivity contribution in [1.29, 1.82) is 0 Å². The van der Waals surface area contributed by atoms with Crippen LogP contribution in [0.15, 0.2) is 35.2 Å². The molecule has 1 heterocycles. The molecule has 1 atom stereocenters. The standard InChI is InChI=1S/C12H18N2S.ClH/c13-11-6-7-14(10-11)8-9-15-12-4-2-1-3-5-12;/h1-5,11H,6-10,13H2;1H/t11-;/m1./s1. The predicted octanol–water partition coefficient (Wildman–Crippen LogP) is 2.23. The summed E-state index contributed by atoms with van der Waals surface area (Å²) in [4.78, 5) is 3.82. The Labute approximate surface area is 108 Å². The van der Waals surface area contributed by atoms with E-state index in [9.17, 15) is 0 Å². The minimum absolute atomic E-state index is 0. The summed E-state index contributed by atoms with van der Waals surface area (Å²) in [6.07, 6.45) is 1.16. The molecule has 0 aromatic heterocycles. The fraction of sp³-hybridized carbons (Fsp3) is 0.500. The van der Waals surface area contributed by atoms with E-state index in [4.69, 9.17) is 5.73 Å². The second-order valence-electron chi connectivity index (χ2n) is 4.01. The summed E-state index contributed by atoms with van der Waals surface area (Å²) in [5, 5.41) is 0. The number of nitrogens with zero attached hydrogens (tertiary/aromatic N) is 1. The van der Waals surface area contributed by atoms with Crippen LogP contribution in [0.3, 0.4) is 0 Å².